The second kappa shape index (κ2) is 4.01. The first-order chi connectivity index (χ1) is 6.75. The van der Waals surface area contributed by atoms with E-state index in [9.17, 15) is 0 Å². The molecule has 0 bridgehead atoms. The third-order valence-corrected chi connectivity index (χ3v) is 2.39. The molecule has 1 heterocycles. The maximum atomic E-state index is 5.54. The smallest absolute Gasteiger partial charge is 0.119 e. The van der Waals surface area contributed by atoms with Crippen molar-refractivity contribution in [2.45, 2.75) is 25.9 Å². The largest absolute Gasteiger partial charge is 0.491 e. The van der Waals surface area contributed by atoms with Crippen molar-refractivity contribution in [3.63, 3.8) is 0 Å². The van der Waals surface area contributed by atoms with E-state index in [1.165, 1.54) is 5.56 Å². The van der Waals surface area contributed by atoms with Crippen molar-refractivity contribution >= 4 is 0 Å². The Balaban J connectivity index is 1.91. The maximum absolute atomic E-state index is 5.54. The van der Waals surface area contributed by atoms with E-state index in [-0.39, 0.29) is 0 Å². The predicted molar refractivity (Wildman–Crippen MR) is 55.8 cm³/mol. The summed E-state index contributed by atoms with van der Waals surface area (Å²) < 4.78 is 10.6. The van der Waals surface area contributed by atoms with Crippen molar-refractivity contribution in [1.82, 2.24) is 0 Å². The van der Waals surface area contributed by atoms with Crippen molar-refractivity contribution in [3.8, 4) is 5.75 Å². The van der Waals surface area contributed by atoms with E-state index in [0.717, 1.165) is 12.4 Å². The molecule has 14 heavy (non-hydrogen) atoms. The Bertz CT molecular complexity index is 286. The third-order valence-electron chi connectivity index (χ3n) is 2.39. The Morgan fingerprint density at radius 1 is 1.36 bits per heavy atom. The zero-order valence-corrected chi connectivity index (χ0v) is 8.69. The molecule has 0 spiro atoms. The van der Waals surface area contributed by atoms with E-state index >= 15 is 0 Å². The zero-order chi connectivity index (χ0) is 9.97. The van der Waals surface area contributed by atoms with Gasteiger partial charge in [0.1, 0.15) is 18.5 Å². The van der Waals surface area contributed by atoms with Gasteiger partial charge in [0.05, 0.1) is 6.61 Å². The highest BCUT2D eigenvalue weighted by Crippen LogP contribution is 2.19. The van der Waals surface area contributed by atoms with E-state index in [1.807, 2.05) is 12.1 Å². The number of ether oxygens (including phenoxy) is 2. The molecule has 1 fully saturated rings. The highest BCUT2D eigenvalue weighted by Gasteiger charge is 2.22. The van der Waals surface area contributed by atoms with Crippen molar-refractivity contribution < 1.29 is 9.47 Å². The summed E-state index contributed by atoms with van der Waals surface area (Å²) in [4.78, 5) is 0. The fourth-order valence-corrected chi connectivity index (χ4v) is 1.30. The molecule has 1 saturated heterocycles. The lowest BCUT2D eigenvalue weighted by Crippen LogP contribution is -2.03. The standard InChI is InChI=1S/C12H16O2/c1-9(2)10-3-5-11(6-4-10)13-7-12-8-14-12/h3-6,9,12H,7-8H2,1-2H3/t12-/m0/s1. The number of epoxide rings is 1. The highest BCUT2D eigenvalue weighted by molar-refractivity contribution is 5.28. The van der Waals surface area contributed by atoms with Crippen LogP contribution in [0.4, 0.5) is 0 Å². The molecule has 1 aromatic carbocycles. The predicted octanol–water partition coefficient (Wildman–Crippen LogP) is 2.59. The Morgan fingerprint density at radius 3 is 2.50 bits per heavy atom. The van der Waals surface area contributed by atoms with Gasteiger partial charge in [-0.3, -0.25) is 0 Å². The van der Waals surface area contributed by atoms with Crippen LogP contribution in [0.5, 0.6) is 5.75 Å². The molecule has 0 saturated carbocycles. The van der Waals surface area contributed by atoms with Crippen LogP contribution < -0.4 is 4.74 Å². The van der Waals surface area contributed by atoms with Crippen molar-refractivity contribution in [3.05, 3.63) is 29.8 Å². The average Bonchev–Trinajstić information content (AvgIpc) is 2.99. The summed E-state index contributed by atoms with van der Waals surface area (Å²) in [6, 6.07) is 8.29. The highest BCUT2D eigenvalue weighted by atomic mass is 16.6. The molecular weight excluding hydrogens is 176 g/mol. The molecule has 76 valence electrons. The van der Waals surface area contributed by atoms with Gasteiger partial charge in [0.15, 0.2) is 0 Å². The minimum absolute atomic E-state index is 0.333. The molecule has 1 aliphatic heterocycles. The molecule has 2 nitrogen and oxygen atoms in total. The van der Waals surface area contributed by atoms with Crippen LogP contribution in [0.3, 0.4) is 0 Å². The summed E-state index contributed by atoms with van der Waals surface area (Å²) in [5.41, 5.74) is 1.35. The second-order valence-electron chi connectivity index (χ2n) is 3.99. The van der Waals surface area contributed by atoms with Crippen LogP contribution in [-0.4, -0.2) is 19.3 Å². The summed E-state index contributed by atoms with van der Waals surface area (Å²) in [6.45, 7) is 5.91. The summed E-state index contributed by atoms with van der Waals surface area (Å²) >= 11 is 0. The first kappa shape index (κ1) is 9.53. The molecular formula is C12H16O2. The Kier molecular flexibility index (Phi) is 2.73. The van der Waals surface area contributed by atoms with Gasteiger partial charge in [0.2, 0.25) is 0 Å². The van der Waals surface area contributed by atoms with Gasteiger partial charge >= 0.3 is 0 Å². The Labute approximate surface area is 84.8 Å². The number of rotatable bonds is 4. The molecule has 0 N–H and O–H groups in total. The zero-order valence-electron chi connectivity index (χ0n) is 8.69. The van der Waals surface area contributed by atoms with Crippen LogP contribution in [0.2, 0.25) is 0 Å². The number of hydrogen-bond donors (Lipinski definition) is 0. The fourth-order valence-electron chi connectivity index (χ4n) is 1.30. The average molecular weight is 192 g/mol. The quantitative estimate of drug-likeness (QED) is 0.684. The normalized spacial score (nSPS) is 19.8. The molecule has 1 aliphatic rings. The molecule has 0 aliphatic carbocycles. The lowest BCUT2D eigenvalue weighted by atomic mass is 10.0. The number of hydrogen-bond acceptors (Lipinski definition) is 2. The van der Waals surface area contributed by atoms with Crippen LogP contribution in [0.1, 0.15) is 25.3 Å². The van der Waals surface area contributed by atoms with Crippen LogP contribution in [0, 0.1) is 0 Å². The second-order valence-corrected chi connectivity index (χ2v) is 3.99. The van der Waals surface area contributed by atoms with Crippen molar-refractivity contribution in [2.75, 3.05) is 13.2 Å². The Morgan fingerprint density at radius 2 is 2.00 bits per heavy atom. The minimum Gasteiger partial charge on any atom is -0.491 e. The van der Waals surface area contributed by atoms with Crippen LogP contribution in [0.15, 0.2) is 24.3 Å². The van der Waals surface area contributed by atoms with Crippen LogP contribution >= 0.6 is 0 Å². The SMILES string of the molecule is CC(C)c1ccc(OC[C@H]2CO2)cc1. The van der Waals surface area contributed by atoms with E-state index in [0.29, 0.717) is 18.6 Å². The molecule has 2 heteroatoms. The third kappa shape index (κ3) is 2.48. The maximum Gasteiger partial charge on any atom is 0.119 e. The molecule has 0 unspecified atom stereocenters. The van der Waals surface area contributed by atoms with Gasteiger partial charge in [-0.2, -0.15) is 0 Å². The molecule has 0 aromatic heterocycles. The molecule has 2 rings (SSSR count). The van der Waals surface area contributed by atoms with Crippen molar-refractivity contribution in [2.24, 2.45) is 0 Å². The monoisotopic (exact) mass is 192 g/mol. The lowest BCUT2D eigenvalue weighted by molar-refractivity contribution is 0.263. The van der Waals surface area contributed by atoms with Gasteiger partial charge in [-0.25, -0.2) is 0 Å². The van der Waals surface area contributed by atoms with Gasteiger partial charge in [-0.1, -0.05) is 26.0 Å². The van der Waals surface area contributed by atoms with Gasteiger partial charge < -0.3 is 9.47 Å². The molecule has 0 amide bonds. The van der Waals surface area contributed by atoms with Crippen LogP contribution in [-0.2, 0) is 4.74 Å². The summed E-state index contributed by atoms with van der Waals surface area (Å²) in [6.07, 6.45) is 0.333. The minimum atomic E-state index is 0.333. The van der Waals surface area contributed by atoms with Gasteiger partial charge in [-0.05, 0) is 23.6 Å². The molecule has 1 aromatic rings. The van der Waals surface area contributed by atoms with E-state index in [2.05, 4.69) is 26.0 Å². The first-order valence-electron chi connectivity index (χ1n) is 5.10. The molecule has 0 radical (unpaired) electrons. The number of benzene rings is 1. The summed E-state index contributed by atoms with van der Waals surface area (Å²) in [7, 11) is 0. The van der Waals surface area contributed by atoms with Gasteiger partial charge in [0, 0.05) is 0 Å². The topological polar surface area (TPSA) is 21.8 Å². The Hall–Kier alpha value is -1.02. The molecule has 1 atom stereocenters. The first-order valence-corrected chi connectivity index (χ1v) is 5.10. The summed E-state index contributed by atoms with van der Waals surface area (Å²) in [5, 5.41) is 0. The van der Waals surface area contributed by atoms with E-state index in [1.54, 1.807) is 0 Å². The lowest BCUT2D eigenvalue weighted by Gasteiger charge is -2.07. The van der Waals surface area contributed by atoms with Crippen molar-refractivity contribution in [1.29, 1.82) is 0 Å². The van der Waals surface area contributed by atoms with Gasteiger partial charge in [-0.15, -0.1) is 0 Å². The summed E-state index contributed by atoms with van der Waals surface area (Å²) in [5.74, 6) is 1.51. The van der Waals surface area contributed by atoms with Gasteiger partial charge in [0.25, 0.3) is 0 Å². The van der Waals surface area contributed by atoms with Crippen LogP contribution in [0.25, 0.3) is 0 Å². The van der Waals surface area contributed by atoms with E-state index in [4.69, 9.17) is 9.47 Å². The van der Waals surface area contributed by atoms with E-state index < -0.39 is 0 Å². The fraction of sp³-hybridized carbons (Fsp3) is 0.500.